The van der Waals surface area contributed by atoms with E-state index in [4.69, 9.17) is 0 Å². The molecule has 1 aliphatic carbocycles. The molecule has 1 atom stereocenters. The summed E-state index contributed by atoms with van der Waals surface area (Å²) in [5.74, 6) is -0.667. The fourth-order valence-corrected chi connectivity index (χ4v) is 2.79. The van der Waals surface area contributed by atoms with Gasteiger partial charge in [-0.15, -0.1) is 0 Å². The van der Waals surface area contributed by atoms with Gasteiger partial charge in [0.1, 0.15) is 0 Å². The Bertz CT molecular complexity index is 475. The molecule has 0 spiro atoms. The Hall–Kier alpha value is -1.35. The molecule has 0 radical (unpaired) electrons. The van der Waals surface area contributed by atoms with Gasteiger partial charge in [-0.25, -0.2) is 0 Å². The molecule has 1 aliphatic rings. The molecule has 1 fully saturated rings. The topological polar surface area (TPSA) is 40.5 Å². The molecule has 0 heterocycles. The fourth-order valence-electron chi connectivity index (χ4n) is 2.79. The number of benzene rings is 1. The number of carboxylic acids is 1. The third-order valence-corrected chi connectivity index (χ3v) is 4.10. The molecular weight excluding hydrogens is 226 g/mol. The summed E-state index contributed by atoms with van der Waals surface area (Å²) in [6.45, 7) is 4.15. The van der Waals surface area contributed by atoms with Gasteiger partial charge < -0.3 is 10.0 Å². The van der Waals surface area contributed by atoms with E-state index in [0.717, 1.165) is 18.4 Å². The molecule has 0 aromatic heterocycles. The summed E-state index contributed by atoms with van der Waals surface area (Å²) in [5, 5.41) is 9.48. The van der Waals surface area contributed by atoms with Crippen LogP contribution in [-0.4, -0.2) is 30.1 Å². The monoisotopic (exact) mass is 247 g/mol. The van der Waals surface area contributed by atoms with E-state index in [1.807, 2.05) is 19.0 Å². The smallest absolute Gasteiger partial charge is 0.311 e. The SMILES string of the molecule is Cc1ccc(C(N(C)C)C2(C(=O)O)CC2)cc1C. The quantitative estimate of drug-likeness (QED) is 0.889. The number of rotatable bonds is 4. The Kier molecular flexibility index (Phi) is 3.20. The second-order valence-electron chi connectivity index (χ2n) is 5.67. The molecule has 3 heteroatoms. The summed E-state index contributed by atoms with van der Waals surface area (Å²) < 4.78 is 0. The molecule has 0 aliphatic heterocycles. The van der Waals surface area contributed by atoms with Crippen molar-refractivity contribution in [1.82, 2.24) is 4.90 Å². The summed E-state index contributed by atoms with van der Waals surface area (Å²) in [6, 6.07) is 6.24. The van der Waals surface area contributed by atoms with E-state index in [2.05, 4.69) is 32.0 Å². The summed E-state index contributed by atoms with van der Waals surface area (Å²) in [7, 11) is 3.92. The van der Waals surface area contributed by atoms with Gasteiger partial charge in [0.25, 0.3) is 0 Å². The van der Waals surface area contributed by atoms with Crippen molar-refractivity contribution in [2.75, 3.05) is 14.1 Å². The Morgan fingerprint density at radius 3 is 2.28 bits per heavy atom. The molecule has 0 amide bonds. The number of aliphatic carboxylic acids is 1. The number of hydrogen-bond acceptors (Lipinski definition) is 2. The molecular formula is C15H21NO2. The highest BCUT2D eigenvalue weighted by Gasteiger charge is 2.57. The Morgan fingerprint density at radius 1 is 1.28 bits per heavy atom. The van der Waals surface area contributed by atoms with Crippen molar-refractivity contribution < 1.29 is 9.90 Å². The van der Waals surface area contributed by atoms with E-state index in [-0.39, 0.29) is 6.04 Å². The fraction of sp³-hybridized carbons (Fsp3) is 0.533. The van der Waals surface area contributed by atoms with Crippen LogP contribution in [0.2, 0.25) is 0 Å². The van der Waals surface area contributed by atoms with Crippen LogP contribution in [-0.2, 0) is 4.79 Å². The first-order valence-electron chi connectivity index (χ1n) is 6.35. The number of carboxylic acid groups (broad SMARTS) is 1. The molecule has 0 bridgehead atoms. The molecule has 1 saturated carbocycles. The van der Waals surface area contributed by atoms with E-state index < -0.39 is 11.4 Å². The zero-order valence-electron chi connectivity index (χ0n) is 11.5. The first-order chi connectivity index (χ1) is 8.38. The Balaban J connectivity index is 2.43. The minimum atomic E-state index is -0.667. The lowest BCUT2D eigenvalue weighted by atomic mass is 9.88. The van der Waals surface area contributed by atoms with Crippen molar-refractivity contribution in [3.8, 4) is 0 Å². The zero-order valence-corrected chi connectivity index (χ0v) is 11.5. The zero-order chi connectivity index (χ0) is 13.5. The molecule has 18 heavy (non-hydrogen) atoms. The molecule has 1 unspecified atom stereocenters. The highest BCUT2D eigenvalue weighted by Crippen LogP contribution is 2.57. The van der Waals surface area contributed by atoms with E-state index in [9.17, 15) is 9.90 Å². The van der Waals surface area contributed by atoms with Gasteiger partial charge in [-0.1, -0.05) is 18.2 Å². The highest BCUT2D eigenvalue weighted by atomic mass is 16.4. The second kappa shape index (κ2) is 4.39. The van der Waals surface area contributed by atoms with Crippen LogP contribution in [0.15, 0.2) is 18.2 Å². The third-order valence-electron chi connectivity index (χ3n) is 4.10. The lowest BCUT2D eigenvalue weighted by Crippen LogP contribution is -2.34. The van der Waals surface area contributed by atoms with E-state index in [1.54, 1.807) is 0 Å². The number of aryl methyl sites for hydroxylation is 2. The van der Waals surface area contributed by atoms with Crippen molar-refractivity contribution >= 4 is 5.97 Å². The molecule has 1 aromatic rings. The Labute approximate surface area is 108 Å². The van der Waals surface area contributed by atoms with Crippen LogP contribution in [0.4, 0.5) is 0 Å². The van der Waals surface area contributed by atoms with Gasteiger partial charge in [0, 0.05) is 0 Å². The lowest BCUT2D eigenvalue weighted by Gasteiger charge is -2.31. The normalized spacial score (nSPS) is 18.7. The summed E-state index contributed by atoms with van der Waals surface area (Å²) >= 11 is 0. The van der Waals surface area contributed by atoms with Crippen LogP contribution in [0.1, 0.15) is 35.6 Å². The van der Waals surface area contributed by atoms with Crippen LogP contribution in [0.25, 0.3) is 0 Å². The molecule has 2 rings (SSSR count). The maximum atomic E-state index is 11.5. The van der Waals surface area contributed by atoms with Crippen molar-refractivity contribution in [3.05, 3.63) is 34.9 Å². The van der Waals surface area contributed by atoms with Gasteiger partial charge in [-0.3, -0.25) is 4.79 Å². The summed E-state index contributed by atoms with van der Waals surface area (Å²) in [5.41, 5.74) is 3.01. The van der Waals surface area contributed by atoms with Crippen LogP contribution in [0, 0.1) is 19.3 Å². The van der Waals surface area contributed by atoms with E-state index in [1.165, 1.54) is 11.1 Å². The van der Waals surface area contributed by atoms with Crippen LogP contribution < -0.4 is 0 Å². The molecule has 1 N–H and O–H groups in total. The molecule has 3 nitrogen and oxygen atoms in total. The molecule has 98 valence electrons. The van der Waals surface area contributed by atoms with Crippen molar-refractivity contribution in [2.24, 2.45) is 5.41 Å². The van der Waals surface area contributed by atoms with Crippen LogP contribution >= 0.6 is 0 Å². The van der Waals surface area contributed by atoms with Crippen LogP contribution in [0.5, 0.6) is 0 Å². The maximum absolute atomic E-state index is 11.5. The van der Waals surface area contributed by atoms with Crippen molar-refractivity contribution in [2.45, 2.75) is 32.7 Å². The largest absolute Gasteiger partial charge is 0.481 e. The number of nitrogens with zero attached hydrogens (tertiary/aromatic N) is 1. The third kappa shape index (κ3) is 2.03. The van der Waals surface area contributed by atoms with Gasteiger partial charge in [0.15, 0.2) is 0 Å². The number of carbonyl (C=O) groups is 1. The second-order valence-corrected chi connectivity index (χ2v) is 5.67. The summed E-state index contributed by atoms with van der Waals surface area (Å²) in [6.07, 6.45) is 1.55. The van der Waals surface area contributed by atoms with Crippen molar-refractivity contribution in [1.29, 1.82) is 0 Å². The Morgan fingerprint density at radius 2 is 1.89 bits per heavy atom. The lowest BCUT2D eigenvalue weighted by molar-refractivity contribution is -0.146. The van der Waals surface area contributed by atoms with Gasteiger partial charge in [-0.2, -0.15) is 0 Å². The average molecular weight is 247 g/mol. The van der Waals surface area contributed by atoms with E-state index >= 15 is 0 Å². The average Bonchev–Trinajstić information content (AvgIpc) is 3.04. The first-order valence-corrected chi connectivity index (χ1v) is 6.35. The van der Waals surface area contributed by atoms with Crippen LogP contribution in [0.3, 0.4) is 0 Å². The van der Waals surface area contributed by atoms with Gasteiger partial charge >= 0.3 is 5.97 Å². The van der Waals surface area contributed by atoms with Gasteiger partial charge in [0.05, 0.1) is 11.5 Å². The van der Waals surface area contributed by atoms with Gasteiger partial charge in [0.2, 0.25) is 0 Å². The summed E-state index contributed by atoms with van der Waals surface area (Å²) in [4.78, 5) is 13.6. The predicted molar refractivity (Wildman–Crippen MR) is 71.6 cm³/mol. The van der Waals surface area contributed by atoms with Crippen molar-refractivity contribution in [3.63, 3.8) is 0 Å². The minimum Gasteiger partial charge on any atom is -0.481 e. The first kappa shape index (κ1) is 13.1. The van der Waals surface area contributed by atoms with E-state index in [0.29, 0.717) is 0 Å². The van der Waals surface area contributed by atoms with Gasteiger partial charge in [-0.05, 0) is 57.5 Å². The highest BCUT2D eigenvalue weighted by molar-refractivity contribution is 5.79. The maximum Gasteiger partial charge on any atom is 0.311 e. The molecule has 1 aromatic carbocycles. The predicted octanol–water partition coefficient (Wildman–Crippen LogP) is 2.77. The number of hydrogen-bond donors (Lipinski definition) is 1. The standard InChI is InChI=1S/C15H21NO2/c1-10-5-6-12(9-11(10)2)13(16(3)4)15(7-8-15)14(17)18/h5-6,9,13H,7-8H2,1-4H3,(H,17,18). The minimum absolute atomic E-state index is 0.0331. The molecule has 0 saturated heterocycles.